The Morgan fingerprint density at radius 3 is 2.78 bits per heavy atom. The molecule has 0 radical (unpaired) electrons. The van der Waals surface area contributed by atoms with E-state index < -0.39 is 6.10 Å². The molecule has 2 rings (SSSR count). The van der Waals surface area contributed by atoms with Crippen molar-refractivity contribution in [3.63, 3.8) is 0 Å². The molecule has 2 heterocycles. The Labute approximate surface area is 108 Å². The number of amides is 1. The molecule has 0 bridgehead atoms. The van der Waals surface area contributed by atoms with Gasteiger partial charge in [-0.1, -0.05) is 19.0 Å². The summed E-state index contributed by atoms with van der Waals surface area (Å²) in [5.74, 6) is 0.0465. The summed E-state index contributed by atoms with van der Waals surface area (Å²) in [7, 11) is 0. The van der Waals surface area contributed by atoms with E-state index in [-0.39, 0.29) is 11.5 Å². The first-order valence-corrected chi connectivity index (χ1v) is 6.72. The zero-order chi connectivity index (χ0) is 13.2. The van der Waals surface area contributed by atoms with E-state index in [0.29, 0.717) is 26.1 Å². The highest BCUT2D eigenvalue weighted by molar-refractivity contribution is 5.91. The van der Waals surface area contributed by atoms with Crippen LogP contribution in [0.25, 0.3) is 0 Å². The first kappa shape index (κ1) is 13.3. The molecule has 1 atom stereocenters. The van der Waals surface area contributed by atoms with Gasteiger partial charge in [0.25, 0.3) is 5.91 Å². The Morgan fingerprint density at radius 2 is 2.22 bits per heavy atom. The van der Waals surface area contributed by atoms with Gasteiger partial charge in [-0.15, -0.1) is 0 Å². The van der Waals surface area contributed by atoms with E-state index >= 15 is 0 Å². The van der Waals surface area contributed by atoms with Gasteiger partial charge in [-0.05, 0) is 19.8 Å². The van der Waals surface area contributed by atoms with E-state index in [2.05, 4.69) is 19.0 Å². The maximum absolute atomic E-state index is 12.3. The minimum Gasteiger partial charge on any atom is -0.382 e. The van der Waals surface area contributed by atoms with Crippen molar-refractivity contribution in [2.75, 3.05) is 19.7 Å². The number of hydrogen-bond acceptors (Lipinski definition) is 4. The molecule has 0 N–H and O–H groups in total. The molecule has 5 heteroatoms. The standard InChI is InChI=1S/C13H22N2O3/c1-4-13(5-2)9-15(6-7-17-13)12(16)11-8-10(3)14-18-11/h11H,4-9H2,1-3H3. The maximum Gasteiger partial charge on any atom is 0.267 e. The number of nitrogens with zero attached hydrogens (tertiary/aromatic N) is 2. The van der Waals surface area contributed by atoms with Gasteiger partial charge in [0.1, 0.15) is 0 Å². The maximum atomic E-state index is 12.3. The van der Waals surface area contributed by atoms with Crippen molar-refractivity contribution in [1.82, 2.24) is 4.90 Å². The minimum absolute atomic E-state index is 0.0465. The normalized spacial score (nSPS) is 26.7. The lowest BCUT2D eigenvalue weighted by Gasteiger charge is -2.42. The van der Waals surface area contributed by atoms with Crippen LogP contribution >= 0.6 is 0 Å². The third-order valence-corrected chi connectivity index (χ3v) is 3.94. The van der Waals surface area contributed by atoms with Crippen LogP contribution < -0.4 is 0 Å². The van der Waals surface area contributed by atoms with Gasteiger partial charge in [-0.2, -0.15) is 0 Å². The van der Waals surface area contributed by atoms with Crippen LogP contribution in [0.5, 0.6) is 0 Å². The summed E-state index contributed by atoms with van der Waals surface area (Å²) in [5.41, 5.74) is 0.710. The van der Waals surface area contributed by atoms with E-state index in [9.17, 15) is 4.79 Å². The molecule has 102 valence electrons. The van der Waals surface area contributed by atoms with Gasteiger partial charge >= 0.3 is 0 Å². The predicted molar refractivity (Wildman–Crippen MR) is 68.4 cm³/mol. The van der Waals surface area contributed by atoms with Crippen LogP contribution in [-0.4, -0.2) is 47.9 Å². The monoisotopic (exact) mass is 254 g/mol. The summed E-state index contributed by atoms with van der Waals surface area (Å²) >= 11 is 0. The first-order valence-electron chi connectivity index (χ1n) is 6.72. The second kappa shape index (κ2) is 5.26. The Bertz CT molecular complexity index is 350. The molecule has 0 saturated carbocycles. The highest BCUT2D eigenvalue weighted by Crippen LogP contribution is 2.26. The van der Waals surface area contributed by atoms with Gasteiger partial charge in [0.15, 0.2) is 0 Å². The van der Waals surface area contributed by atoms with Gasteiger partial charge in [0.2, 0.25) is 6.10 Å². The Hall–Kier alpha value is -1.10. The lowest BCUT2D eigenvalue weighted by molar-refractivity contribution is -0.161. The van der Waals surface area contributed by atoms with E-state index in [4.69, 9.17) is 9.57 Å². The fourth-order valence-electron chi connectivity index (χ4n) is 2.54. The van der Waals surface area contributed by atoms with Crippen molar-refractivity contribution in [3.8, 4) is 0 Å². The molecule has 0 aliphatic carbocycles. The summed E-state index contributed by atoms with van der Waals surface area (Å²) in [6, 6.07) is 0. The molecule has 0 aromatic carbocycles. The van der Waals surface area contributed by atoms with Crippen LogP contribution in [0.1, 0.15) is 40.0 Å². The van der Waals surface area contributed by atoms with Crippen molar-refractivity contribution >= 4 is 11.6 Å². The molecular weight excluding hydrogens is 232 g/mol. The summed E-state index contributed by atoms with van der Waals surface area (Å²) in [6.07, 6.45) is 2.04. The Balaban J connectivity index is 1.98. The summed E-state index contributed by atoms with van der Waals surface area (Å²) in [4.78, 5) is 19.4. The molecule has 0 aromatic heterocycles. The zero-order valence-electron chi connectivity index (χ0n) is 11.4. The number of oxime groups is 1. The van der Waals surface area contributed by atoms with Crippen molar-refractivity contribution in [1.29, 1.82) is 0 Å². The Morgan fingerprint density at radius 1 is 1.50 bits per heavy atom. The van der Waals surface area contributed by atoms with Crippen LogP contribution in [-0.2, 0) is 14.4 Å². The van der Waals surface area contributed by atoms with Crippen LogP contribution in [0.2, 0.25) is 0 Å². The van der Waals surface area contributed by atoms with Crippen molar-refractivity contribution in [2.45, 2.75) is 51.7 Å². The number of morpholine rings is 1. The van der Waals surface area contributed by atoms with Crippen molar-refractivity contribution in [3.05, 3.63) is 0 Å². The van der Waals surface area contributed by atoms with Gasteiger partial charge in [-0.3, -0.25) is 4.79 Å². The average Bonchev–Trinajstić information content (AvgIpc) is 2.84. The number of carbonyl (C=O) groups excluding carboxylic acids is 1. The molecule has 1 amide bonds. The third kappa shape index (κ3) is 2.51. The lowest BCUT2D eigenvalue weighted by atomic mass is 9.94. The van der Waals surface area contributed by atoms with Gasteiger partial charge < -0.3 is 14.5 Å². The van der Waals surface area contributed by atoms with E-state index in [1.807, 2.05) is 11.8 Å². The summed E-state index contributed by atoms with van der Waals surface area (Å²) in [5, 5.41) is 3.85. The number of ether oxygens (including phenoxy) is 1. The molecule has 0 aromatic rings. The zero-order valence-corrected chi connectivity index (χ0v) is 11.4. The van der Waals surface area contributed by atoms with Crippen LogP contribution in [0.3, 0.4) is 0 Å². The lowest BCUT2D eigenvalue weighted by Crippen LogP contribution is -2.55. The van der Waals surface area contributed by atoms with E-state index in [0.717, 1.165) is 18.6 Å². The van der Waals surface area contributed by atoms with Crippen molar-refractivity contribution in [2.24, 2.45) is 5.16 Å². The van der Waals surface area contributed by atoms with Gasteiger partial charge in [-0.25, -0.2) is 0 Å². The molecular formula is C13H22N2O3. The molecule has 1 saturated heterocycles. The van der Waals surface area contributed by atoms with Crippen LogP contribution in [0.15, 0.2) is 5.16 Å². The van der Waals surface area contributed by atoms with E-state index in [1.165, 1.54) is 0 Å². The predicted octanol–water partition coefficient (Wildman–Crippen LogP) is 1.57. The van der Waals surface area contributed by atoms with E-state index in [1.54, 1.807) is 0 Å². The average molecular weight is 254 g/mol. The summed E-state index contributed by atoms with van der Waals surface area (Å²) < 4.78 is 5.86. The number of hydrogen-bond donors (Lipinski definition) is 0. The van der Waals surface area contributed by atoms with Crippen LogP contribution in [0.4, 0.5) is 0 Å². The second-order valence-electron chi connectivity index (χ2n) is 5.12. The molecule has 18 heavy (non-hydrogen) atoms. The third-order valence-electron chi connectivity index (χ3n) is 3.94. The molecule has 2 aliphatic heterocycles. The fraction of sp³-hybridized carbons (Fsp3) is 0.846. The number of carbonyl (C=O) groups is 1. The minimum atomic E-state index is -0.422. The molecule has 1 unspecified atom stereocenters. The Kier molecular flexibility index (Phi) is 3.90. The topological polar surface area (TPSA) is 51.1 Å². The number of rotatable bonds is 3. The second-order valence-corrected chi connectivity index (χ2v) is 5.12. The molecule has 0 spiro atoms. The molecule has 2 aliphatic rings. The molecule has 1 fully saturated rings. The van der Waals surface area contributed by atoms with Crippen LogP contribution in [0, 0.1) is 0 Å². The quantitative estimate of drug-likeness (QED) is 0.768. The molecule has 5 nitrogen and oxygen atoms in total. The highest BCUT2D eigenvalue weighted by atomic mass is 16.6. The summed E-state index contributed by atoms with van der Waals surface area (Å²) in [6.45, 7) is 8.03. The highest BCUT2D eigenvalue weighted by Gasteiger charge is 2.39. The van der Waals surface area contributed by atoms with Gasteiger partial charge in [0, 0.05) is 19.5 Å². The SMILES string of the molecule is CCC1(CC)CN(C(=O)C2CC(C)=NO2)CCO1. The first-order chi connectivity index (χ1) is 8.60. The fourth-order valence-corrected chi connectivity index (χ4v) is 2.54. The largest absolute Gasteiger partial charge is 0.382 e. The van der Waals surface area contributed by atoms with Gasteiger partial charge in [0.05, 0.1) is 17.9 Å². The van der Waals surface area contributed by atoms with Crippen molar-refractivity contribution < 1.29 is 14.4 Å². The smallest absolute Gasteiger partial charge is 0.267 e.